The molecule has 0 aromatic carbocycles. The highest BCUT2D eigenvalue weighted by Crippen LogP contribution is 2.40. The first-order valence-electron chi connectivity index (χ1n) is 8.43. The van der Waals surface area contributed by atoms with Gasteiger partial charge in [0.15, 0.2) is 0 Å². The fourth-order valence-corrected chi connectivity index (χ4v) is 4.22. The van der Waals surface area contributed by atoms with Gasteiger partial charge in [-0.2, -0.15) is 0 Å². The Morgan fingerprint density at radius 1 is 1.14 bits per heavy atom. The summed E-state index contributed by atoms with van der Waals surface area (Å²) in [5, 5.41) is 9.41. The van der Waals surface area contributed by atoms with Crippen molar-refractivity contribution in [1.82, 2.24) is 4.90 Å². The summed E-state index contributed by atoms with van der Waals surface area (Å²) in [6.07, 6.45) is 6.93. The lowest BCUT2D eigenvalue weighted by molar-refractivity contribution is -0.149. The Balaban J connectivity index is 2.04. The minimum Gasteiger partial charge on any atom is -0.481 e. The Morgan fingerprint density at radius 3 is 2.38 bits per heavy atom. The molecular weight excluding hydrogens is 266 g/mol. The summed E-state index contributed by atoms with van der Waals surface area (Å²) >= 11 is 0. The van der Waals surface area contributed by atoms with Crippen LogP contribution >= 0.6 is 0 Å². The standard InChI is InChI=1S/C17H29NO3/c1-4-12-9-14(15(10-12)17(20)21)16(19)18(3)13-7-5-6-11(2)8-13/h11-15H,4-10H2,1-3H3,(H,20,21). The minimum atomic E-state index is -0.797. The van der Waals surface area contributed by atoms with Crippen molar-refractivity contribution in [2.24, 2.45) is 23.7 Å². The van der Waals surface area contributed by atoms with Crippen LogP contribution in [0.25, 0.3) is 0 Å². The molecule has 0 spiro atoms. The normalized spacial score (nSPS) is 36.4. The molecule has 0 heterocycles. The van der Waals surface area contributed by atoms with Crippen LogP contribution in [0.5, 0.6) is 0 Å². The third-order valence-corrected chi connectivity index (χ3v) is 5.68. The molecule has 0 aromatic rings. The van der Waals surface area contributed by atoms with Crippen LogP contribution in [0.1, 0.15) is 58.8 Å². The second-order valence-electron chi connectivity index (χ2n) is 7.17. The monoisotopic (exact) mass is 295 g/mol. The summed E-state index contributed by atoms with van der Waals surface area (Å²) in [7, 11) is 1.88. The van der Waals surface area contributed by atoms with E-state index in [1.165, 1.54) is 12.8 Å². The van der Waals surface area contributed by atoms with E-state index in [1.54, 1.807) is 0 Å². The zero-order chi connectivity index (χ0) is 15.6. The predicted molar refractivity (Wildman–Crippen MR) is 81.8 cm³/mol. The maximum Gasteiger partial charge on any atom is 0.307 e. The van der Waals surface area contributed by atoms with Crippen LogP contribution in [0.3, 0.4) is 0 Å². The van der Waals surface area contributed by atoms with Crippen molar-refractivity contribution in [2.75, 3.05) is 7.05 Å². The van der Waals surface area contributed by atoms with Crippen LogP contribution in [0.2, 0.25) is 0 Å². The molecule has 120 valence electrons. The summed E-state index contributed by atoms with van der Waals surface area (Å²) in [6, 6.07) is 0.302. The van der Waals surface area contributed by atoms with Gasteiger partial charge in [0, 0.05) is 13.1 Å². The van der Waals surface area contributed by atoms with Crippen molar-refractivity contribution in [2.45, 2.75) is 64.8 Å². The van der Waals surface area contributed by atoms with Crippen LogP contribution in [-0.4, -0.2) is 35.0 Å². The SMILES string of the molecule is CCC1CC(C(=O)O)C(C(=O)N(C)C2CCCC(C)C2)C1. The number of hydrogen-bond acceptors (Lipinski definition) is 2. The van der Waals surface area contributed by atoms with E-state index in [0.29, 0.717) is 24.3 Å². The lowest BCUT2D eigenvalue weighted by atomic mass is 9.85. The van der Waals surface area contributed by atoms with Crippen molar-refractivity contribution in [3.05, 3.63) is 0 Å². The molecule has 2 fully saturated rings. The molecule has 0 saturated heterocycles. The molecule has 1 N–H and O–H groups in total. The third-order valence-electron chi connectivity index (χ3n) is 5.68. The Morgan fingerprint density at radius 2 is 1.81 bits per heavy atom. The maximum absolute atomic E-state index is 12.8. The first kappa shape index (κ1) is 16.3. The van der Waals surface area contributed by atoms with Crippen LogP contribution in [0, 0.1) is 23.7 Å². The molecule has 4 nitrogen and oxygen atoms in total. The number of carbonyl (C=O) groups is 2. The molecule has 5 atom stereocenters. The number of nitrogens with zero attached hydrogens (tertiary/aromatic N) is 1. The Labute approximate surface area is 127 Å². The van der Waals surface area contributed by atoms with Gasteiger partial charge in [0.25, 0.3) is 0 Å². The molecule has 2 saturated carbocycles. The van der Waals surface area contributed by atoms with E-state index in [2.05, 4.69) is 13.8 Å². The Hall–Kier alpha value is -1.06. The van der Waals surface area contributed by atoms with E-state index in [4.69, 9.17) is 0 Å². The fourth-order valence-electron chi connectivity index (χ4n) is 4.22. The summed E-state index contributed by atoms with van der Waals surface area (Å²) in [5.74, 6) is -0.465. The van der Waals surface area contributed by atoms with Crippen LogP contribution in [0.4, 0.5) is 0 Å². The minimum absolute atomic E-state index is 0.0671. The molecule has 1 amide bonds. The quantitative estimate of drug-likeness (QED) is 0.866. The number of rotatable bonds is 4. The maximum atomic E-state index is 12.8. The third kappa shape index (κ3) is 3.58. The molecular formula is C17H29NO3. The lowest BCUT2D eigenvalue weighted by Gasteiger charge is -2.36. The number of hydrogen-bond donors (Lipinski definition) is 1. The van der Waals surface area contributed by atoms with Crippen molar-refractivity contribution in [3.63, 3.8) is 0 Å². The van der Waals surface area contributed by atoms with E-state index >= 15 is 0 Å². The van der Waals surface area contributed by atoms with Gasteiger partial charge in [-0.25, -0.2) is 0 Å². The van der Waals surface area contributed by atoms with Crippen LogP contribution in [0.15, 0.2) is 0 Å². The highest BCUT2D eigenvalue weighted by atomic mass is 16.4. The molecule has 4 heteroatoms. The highest BCUT2D eigenvalue weighted by Gasteiger charge is 2.44. The summed E-state index contributed by atoms with van der Waals surface area (Å²) in [5.41, 5.74) is 0. The van der Waals surface area contributed by atoms with Gasteiger partial charge in [-0.15, -0.1) is 0 Å². The van der Waals surface area contributed by atoms with Gasteiger partial charge in [-0.1, -0.05) is 33.1 Å². The molecule has 0 radical (unpaired) electrons. The number of carboxylic acid groups (broad SMARTS) is 1. The van der Waals surface area contributed by atoms with Gasteiger partial charge in [0.05, 0.1) is 11.8 Å². The number of aliphatic carboxylic acids is 1. The molecule has 5 unspecified atom stereocenters. The van der Waals surface area contributed by atoms with Gasteiger partial charge in [0.1, 0.15) is 0 Å². The Bertz CT molecular complexity index is 395. The molecule has 0 aliphatic heterocycles. The largest absolute Gasteiger partial charge is 0.481 e. The number of carboxylic acids is 1. The molecule has 21 heavy (non-hydrogen) atoms. The van der Waals surface area contributed by atoms with Crippen LogP contribution < -0.4 is 0 Å². The van der Waals surface area contributed by atoms with Gasteiger partial charge >= 0.3 is 5.97 Å². The second-order valence-corrected chi connectivity index (χ2v) is 7.17. The van der Waals surface area contributed by atoms with E-state index in [0.717, 1.165) is 25.7 Å². The predicted octanol–water partition coefficient (Wildman–Crippen LogP) is 3.16. The number of amides is 1. The fraction of sp³-hybridized carbons (Fsp3) is 0.882. The summed E-state index contributed by atoms with van der Waals surface area (Å²) in [4.78, 5) is 26.1. The Kier molecular flexibility index (Phi) is 5.28. The topological polar surface area (TPSA) is 57.6 Å². The van der Waals surface area contributed by atoms with Crippen molar-refractivity contribution < 1.29 is 14.7 Å². The van der Waals surface area contributed by atoms with Crippen molar-refractivity contribution in [3.8, 4) is 0 Å². The van der Waals surface area contributed by atoms with Gasteiger partial charge < -0.3 is 10.0 Å². The molecule has 0 bridgehead atoms. The van der Waals surface area contributed by atoms with E-state index in [9.17, 15) is 14.7 Å². The van der Waals surface area contributed by atoms with E-state index in [-0.39, 0.29) is 11.8 Å². The molecule has 2 rings (SSSR count). The first-order valence-corrected chi connectivity index (χ1v) is 8.43. The smallest absolute Gasteiger partial charge is 0.307 e. The number of carbonyl (C=O) groups excluding carboxylic acids is 1. The second kappa shape index (κ2) is 6.80. The highest BCUT2D eigenvalue weighted by molar-refractivity contribution is 5.85. The van der Waals surface area contributed by atoms with E-state index < -0.39 is 11.9 Å². The molecule has 0 aromatic heterocycles. The zero-order valence-corrected chi connectivity index (χ0v) is 13.5. The average molecular weight is 295 g/mol. The summed E-state index contributed by atoms with van der Waals surface area (Å²) < 4.78 is 0. The average Bonchev–Trinajstić information content (AvgIpc) is 2.90. The zero-order valence-electron chi connectivity index (χ0n) is 13.5. The van der Waals surface area contributed by atoms with Gasteiger partial charge in [-0.05, 0) is 37.5 Å². The van der Waals surface area contributed by atoms with Gasteiger partial charge in [-0.3, -0.25) is 9.59 Å². The lowest BCUT2D eigenvalue weighted by Crippen LogP contribution is -2.44. The molecule has 2 aliphatic rings. The van der Waals surface area contributed by atoms with Crippen molar-refractivity contribution in [1.29, 1.82) is 0 Å². The molecule has 2 aliphatic carbocycles. The van der Waals surface area contributed by atoms with E-state index in [1.807, 2.05) is 11.9 Å². The van der Waals surface area contributed by atoms with Crippen LogP contribution in [-0.2, 0) is 9.59 Å². The first-order chi connectivity index (χ1) is 9.93. The summed E-state index contributed by atoms with van der Waals surface area (Å²) in [6.45, 7) is 4.33. The van der Waals surface area contributed by atoms with Gasteiger partial charge in [0.2, 0.25) is 5.91 Å². The van der Waals surface area contributed by atoms with Crippen molar-refractivity contribution >= 4 is 11.9 Å².